The number of unbranched alkanes of at least 4 members (excludes halogenated alkanes) is 1. The minimum Gasteiger partial charge on any atom is -0.294 e. The third-order valence-electron chi connectivity index (χ3n) is 2.68. The highest BCUT2D eigenvalue weighted by Gasteiger charge is 2.41. The molecule has 1 aliphatic rings. The van der Waals surface area contributed by atoms with E-state index in [9.17, 15) is 9.59 Å². The van der Waals surface area contributed by atoms with Gasteiger partial charge >= 0.3 is 0 Å². The smallest absolute Gasteiger partial charge is 0.241 e. The number of alkyl halides is 2. The van der Waals surface area contributed by atoms with Crippen LogP contribution in [0.2, 0.25) is 0 Å². The number of amides is 2. The topological polar surface area (TPSA) is 46.2 Å². The van der Waals surface area contributed by atoms with Gasteiger partial charge < -0.3 is 0 Å². The molecular weight excluding hydrogens is 532 g/mol. The Morgan fingerprint density at radius 3 is 2.48 bits per heavy atom. The number of hydrogen-bond donors (Lipinski definition) is 1. The van der Waals surface area contributed by atoms with Gasteiger partial charge in [0.05, 0.1) is 0 Å². The van der Waals surface area contributed by atoms with E-state index in [2.05, 4.69) is 68.7 Å². The van der Waals surface area contributed by atoms with Gasteiger partial charge in [-0.2, -0.15) is 0 Å². The summed E-state index contributed by atoms with van der Waals surface area (Å²) in [6, 6.07) is 0. The summed E-state index contributed by atoms with van der Waals surface area (Å²) < 4.78 is 2.24. The molecule has 0 radical (unpaired) electrons. The molecule has 2 unspecified atom stereocenters. The first kappa shape index (κ1) is 19.8. The maximum atomic E-state index is 11.8. The van der Waals surface area contributed by atoms with Crippen molar-refractivity contribution in [2.45, 2.75) is 29.8 Å². The van der Waals surface area contributed by atoms with Gasteiger partial charge in [-0.15, -0.1) is 23.5 Å². The molecule has 7 heteroatoms. The second-order valence-electron chi connectivity index (χ2n) is 4.32. The van der Waals surface area contributed by atoms with Crippen molar-refractivity contribution in [1.29, 1.82) is 0 Å². The van der Waals surface area contributed by atoms with Gasteiger partial charge in [0.1, 0.15) is 10.5 Å². The summed E-state index contributed by atoms with van der Waals surface area (Å²) in [5.41, 5.74) is 0. The van der Waals surface area contributed by atoms with E-state index in [0.717, 1.165) is 33.9 Å². The van der Waals surface area contributed by atoms with E-state index in [1.807, 2.05) is 5.41 Å². The summed E-state index contributed by atoms with van der Waals surface area (Å²) in [6.07, 6.45) is 9.51. The third kappa shape index (κ3) is 7.74. The van der Waals surface area contributed by atoms with Crippen LogP contribution in [-0.4, -0.2) is 36.9 Å². The minimum absolute atomic E-state index is 0.148. The van der Waals surface area contributed by atoms with Gasteiger partial charge in [-0.3, -0.25) is 14.9 Å². The molecule has 1 heterocycles. The van der Waals surface area contributed by atoms with Gasteiger partial charge in [0.2, 0.25) is 11.8 Å². The molecule has 1 aliphatic heterocycles. The van der Waals surface area contributed by atoms with Crippen molar-refractivity contribution < 1.29 is 9.59 Å². The van der Waals surface area contributed by atoms with Crippen LogP contribution in [0.15, 0.2) is 23.6 Å². The monoisotopic (exact) mass is 551 g/mol. The number of nitrogens with one attached hydrogen (secondary N) is 1. The van der Waals surface area contributed by atoms with Gasteiger partial charge in [-0.1, -0.05) is 63.4 Å². The Hall–Kier alpha value is 0.780. The predicted molar refractivity (Wildman–Crippen MR) is 111 cm³/mol. The van der Waals surface area contributed by atoms with Crippen molar-refractivity contribution in [3.8, 4) is 0 Å². The quantitative estimate of drug-likeness (QED) is 0.147. The molecule has 0 aliphatic carbocycles. The van der Waals surface area contributed by atoms with Crippen molar-refractivity contribution in [2.75, 3.05) is 14.6 Å². The van der Waals surface area contributed by atoms with Crippen molar-refractivity contribution in [2.24, 2.45) is 0 Å². The van der Waals surface area contributed by atoms with Crippen LogP contribution in [0.25, 0.3) is 0 Å². The number of thioether (sulfide) groups is 2. The van der Waals surface area contributed by atoms with E-state index in [-0.39, 0.29) is 22.3 Å². The van der Waals surface area contributed by atoms with Crippen molar-refractivity contribution >= 4 is 80.5 Å². The fraction of sp³-hybridized carbons (Fsp3) is 0.571. The molecule has 3 nitrogen and oxygen atoms in total. The molecule has 0 spiro atoms. The van der Waals surface area contributed by atoms with Gasteiger partial charge in [0.25, 0.3) is 0 Å². The number of carbonyl (C=O) groups excluding carboxylic acids is 2. The van der Waals surface area contributed by atoms with Gasteiger partial charge in [0, 0.05) is 10.2 Å². The summed E-state index contributed by atoms with van der Waals surface area (Å²) in [5.74, 6) is 0.472. The Balaban J connectivity index is 2.44. The molecule has 1 fully saturated rings. The molecule has 0 saturated carbocycles. The first-order valence-electron chi connectivity index (χ1n) is 6.74. The molecule has 0 aromatic rings. The Labute approximate surface area is 162 Å². The molecular formula is C14H19I2NO2S2. The number of carbonyl (C=O) groups is 2. The van der Waals surface area contributed by atoms with Gasteiger partial charge in [0.15, 0.2) is 0 Å². The summed E-state index contributed by atoms with van der Waals surface area (Å²) in [6.45, 7) is 0. The largest absolute Gasteiger partial charge is 0.294 e. The lowest BCUT2D eigenvalue weighted by molar-refractivity contribution is -0.124. The van der Waals surface area contributed by atoms with E-state index in [1.54, 1.807) is 11.8 Å². The second kappa shape index (κ2) is 12.2. The SMILES string of the molecule is O=C1NC(=O)C(SC/C=C/CCI)C1S/C=C/CCCI. The van der Waals surface area contributed by atoms with E-state index in [4.69, 9.17) is 0 Å². The zero-order valence-electron chi connectivity index (χ0n) is 11.6. The van der Waals surface area contributed by atoms with Crippen molar-refractivity contribution in [3.63, 3.8) is 0 Å². The Morgan fingerprint density at radius 1 is 1.00 bits per heavy atom. The van der Waals surface area contributed by atoms with Crippen LogP contribution in [0.4, 0.5) is 0 Å². The Bertz CT molecular complexity index is 402. The summed E-state index contributed by atoms with van der Waals surface area (Å²) >= 11 is 7.69. The summed E-state index contributed by atoms with van der Waals surface area (Å²) in [7, 11) is 0. The summed E-state index contributed by atoms with van der Waals surface area (Å²) in [5, 5.41) is 3.84. The average molecular weight is 551 g/mol. The lowest BCUT2D eigenvalue weighted by Crippen LogP contribution is -2.23. The van der Waals surface area contributed by atoms with Crippen LogP contribution in [0, 0.1) is 0 Å². The van der Waals surface area contributed by atoms with Crippen molar-refractivity contribution in [1.82, 2.24) is 5.32 Å². The van der Waals surface area contributed by atoms with E-state index in [1.165, 1.54) is 11.8 Å². The number of imide groups is 1. The van der Waals surface area contributed by atoms with Crippen LogP contribution in [0.5, 0.6) is 0 Å². The average Bonchev–Trinajstić information content (AvgIpc) is 2.73. The molecule has 0 bridgehead atoms. The fourth-order valence-corrected chi connectivity index (χ4v) is 4.70. The molecule has 2 amide bonds. The Morgan fingerprint density at radius 2 is 1.76 bits per heavy atom. The lowest BCUT2D eigenvalue weighted by atomic mass is 10.3. The van der Waals surface area contributed by atoms with Crippen LogP contribution in [-0.2, 0) is 9.59 Å². The first-order chi connectivity index (χ1) is 10.2. The lowest BCUT2D eigenvalue weighted by Gasteiger charge is -2.11. The molecule has 1 N–H and O–H groups in total. The normalized spacial score (nSPS) is 22.6. The second-order valence-corrected chi connectivity index (χ2v) is 8.70. The highest BCUT2D eigenvalue weighted by atomic mass is 127. The first-order valence-corrected chi connectivity index (χ1v) is 11.8. The van der Waals surface area contributed by atoms with Crippen LogP contribution in [0.3, 0.4) is 0 Å². The zero-order valence-corrected chi connectivity index (χ0v) is 17.5. The maximum Gasteiger partial charge on any atom is 0.241 e. The van der Waals surface area contributed by atoms with Gasteiger partial charge in [-0.05, 0) is 29.1 Å². The standard InChI is InChI=1S/C14H19I2NO2S2/c15-7-3-1-5-9-20-11-12(14(19)17-13(11)18)21-10-6-2-4-8-16/h1,5-6,10-12H,2-4,7-9H2,(H,17,18,19)/b5-1+,10-6+. The molecule has 2 atom stereocenters. The summed E-state index contributed by atoms with van der Waals surface area (Å²) in [4.78, 5) is 23.7. The molecule has 0 aromatic heterocycles. The molecule has 1 saturated heterocycles. The molecule has 21 heavy (non-hydrogen) atoms. The Kier molecular flexibility index (Phi) is 11.5. The highest BCUT2D eigenvalue weighted by Crippen LogP contribution is 2.30. The number of hydrogen-bond acceptors (Lipinski definition) is 4. The zero-order chi connectivity index (χ0) is 15.5. The van der Waals surface area contributed by atoms with E-state index in [0.29, 0.717) is 0 Å². The molecule has 118 valence electrons. The highest BCUT2D eigenvalue weighted by molar-refractivity contribution is 14.1. The number of rotatable bonds is 10. The minimum atomic E-state index is -0.295. The molecule has 1 rings (SSSR count). The van der Waals surface area contributed by atoms with E-state index >= 15 is 0 Å². The number of halogens is 2. The maximum absolute atomic E-state index is 11.8. The van der Waals surface area contributed by atoms with Crippen LogP contribution >= 0.6 is 68.7 Å². The van der Waals surface area contributed by atoms with Crippen LogP contribution < -0.4 is 5.32 Å². The third-order valence-corrected chi connectivity index (χ3v) is 6.60. The van der Waals surface area contributed by atoms with Crippen LogP contribution in [0.1, 0.15) is 19.3 Å². The van der Waals surface area contributed by atoms with Gasteiger partial charge in [-0.25, -0.2) is 0 Å². The number of allylic oxidation sites excluding steroid dienone is 2. The molecule has 0 aromatic carbocycles. The fourth-order valence-electron chi connectivity index (χ4n) is 1.65. The van der Waals surface area contributed by atoms with Crippen molar-refractivity contribution in [3.05, 3.63) is 23.6 Å². The van der Waals surface area contributed by atoms with E-state index < -0.39 is 0 Å². The predicted octanol–water partition coefficient (Wildman–Crippen LogP) is 3.96.